The van der Waals surface area contributed by atoms with Crippen molar-refractivity contribution >= 4 is 5.97 Å². The molecule has 1 N–H and O–H groups in total. The predicted octanol–water partition coefficient (Wildman–Crippen LogP) is 4.93. The van der Waals surface area contributed by atoms with Crippen LogP contribution in [0.1, 0.15) is 26.2 Å². The first-order chi connectivity index (χ1) is 11.1. The Labute approximate surface area is 137 Å². The number of rotatable bonds is 8. The number of hydrogen-bond donors (Lipinski definition) is 1. The van der Waals surface area contributed by atoms with Gasteiger partial charge in [0.1, 0.15) is 5.75 Å². The second-order valence-corrected chi connectivity index (χ2v) is 5.59. The van der Waals surface area contributed by atoms with Gasteiger partial charge >= 0.3 is 5.97 Å². The van der Waals surface area contributed by atoms with E-state index in [4.69, 9.17) is 9.84 Å². The van der Waals surface area contributed by atoms with Crippen molar-refractivity contribution in [3.63, 3.8) is 0 Å². The third-order valence-electron chi connectivity index (χ3n) is 3.69. The zero-order chi connectivity index (χ0) is 16.7. The predicted molar refractivity (Wildman–Crippen MR) is 92.6 cm³/mol. The lowest BCUT2D eigenvalue weighted by atomic mass is 10.0. The second-order valence-electron chi connectivity index (χ2n) is 5.59. The van der Waals surface area contributed by atoms with Gasteiger partial charge in [0, 0.05) is 11.1 Å². The van der Waals surface area contributed by atoms with Gasteiger partial charge in [-0.1, -0.05) is 55.1 Å². The fourth-order valence-corrected chi connectivity index (χ4v) is 2.41. The summed E-state index contributed by atoms with van der Waals surface area (Å²) in [5.41, 5.74) is 2.44. The summed E-state index contributed by atoms with van der Waals surface area (Å²) < 4.78 is 6.07. The molecular weight excluding hydrogens is 288 g/mol. The molecule has 1 atom stereocenters. The Hall–Kier alpha value is -2.55. The molecule has 2 aromatic rings. The van der Waals surface area contributed by atoms with Crippen molar-refractivity contribution in [1.29, 1.82) is 0 Å². The number of carbonyl (C=O) groups is 1. The van der Waals surface area contributed by atoms with Crippen molar-refractivity contribution in [2.24, 2.45) is 0 Å². The molecule has 1 unspecified atom stereocenters. The smallest absolute Gasteiger partial charge is 0.330 e. The molecule has 0 heterocycles. The molecule has 3 nitrogen and oxygen atoms in total. The number of carboxylic acid groups (broad SMARTS) is 1. The number of para-hydroxylation sites is 1. The molecule has 0 bridgehead atoms. The molecule has 0 saturated carbocycles. The Morgan fingerprint density at radius 2 is 1.78 bits per heavy atom. The van der Waals surface area contributed by atoms with E-state index < -0.39 is 5.97 Å². The lowest BCUT2D eigenvalue weighted by Crippen LogP contribution is -2.12. The van der Waals surface area contributed by atoms with Crippen LogP contribution in [0, 0.1) is 0 Å². The minimum Gasteiger partial charge on any atom is -0.490 e. The topological polar surface area (TPSA) is 46.5 Å². The molecule has 0 spiro atoms. The van der Waals surface area contributed by atoms with Crippen LogP contribution in [0.3, 0.4) is 0 Å². The Balaban J connectivity index is 1.98. The highest BCUT2D eigenvalue weighted by Crippen LogP contribution is 2.30. The van der Waals surface area contributed by atoms with Gasteiger partial charge in [-0.3, -0.25) is 0 Å². The van der Waals surface area contributed by atoms with Crippen LogP contribution in [0.5, 0.6) is 5.75 Å². The minimum absolute atomic E-state index is 0.0152. The van der Waals surface area contributed by atoms with E-state index in [-0.39, 0.29) is 11.7 Å². The third kappa shape index (κ3) is 4.99. The van der Waals surface area contributed by atoms with Gasteiger partial charge in [-0.15, -0.1) is 0 Å². The number of ether oxygens (including phenoxy) is 1. The summed E-state index contributed by atoms with van der Waals surface area (Å²) in [5.74, 6) is -0.0729. The van der Waals surface area contributed by atoms with Crippen molar-refractivity contribution in [1.82, 2.24) is 0 Å². The highest BCUT2D eigenvalue weighted by atomic mass is 16.5. The average Bonchev–Trinajstić information content (AvgIpc) is 2.56. The molecule has 0 amide bonds. The van der Waals surface area contributed by atoms with Gasteiger partial charge in [-0.2, -0.15) is 0 Å². The number of hydrogen-bond acceptors (Lipinski definition) is 2. The highest BCUT2D eigenvalue weighted by molar-refractivity contribution is 5.85. The second kappa shape index (κ2) is 8.18. The first kappa shape index (κ1) is 16.8. The van der Waals surface area contributed by atoms with Crippen molar-refractivity contribution in [2.45, 2.75) is 32.3 Å². The maximum absolute atomic E-state index is 10.7. The van der Waals surface area contributed by atoms with Crippen LogP contribution in [0.4, 0.5) is 0 Å². The fourth-order valence-electron chi connectivity index (χ4n) is 2.41. The Bertz CT molecular complexity index is 662. The molecule has 0 aliphatic heterocycles. The molecule has 120 valence electrons. The molecule has 2 aromatic carbocycles. The van der Waals surface area contributed by atoms with Crippen LogP contribution in [0.25, 0.3) is 11.1 Å². The Morgan fingerprint density at radius 3 is 2.48 bits per heavy atom. The number of carboxylic acids is 1. The van der Waals surface area contributed by atoms with Crippen LogP contribution in [-0.2, 0) is 4.79 Å². The van der Waals surface area contributed by atoms with Gasteiger partial charge in [0.2, 0.25) is 0 Å². The van der Waals surface area contributed by atoms with E-state index in [1.165, 1.54) is 0 Å². The lowest BCUT2D eigenvalue weighted by molar-refractivity contribution is -0.132. The van der Waals surface area contributed by atoms with Crippen LogP contribution < -0.4 is 4.74 Å². The monoisotopic (exact) mass is 310 g/mol. The summed E-state index contributed by atoms with van der Waals surface area (Å²) in [6.07, 6.45) is 2.04. The Morgan fingerprint density at radius 1 is 1.13 bits per heavy atom. The maximum Gasteiger partial charge on any atom is 0.330 e. The van der Waals surface area contributed by atoms with E-state index in [2.05, 4.69) is 18.7 Å². The molecule has 0 saturated heterocycles. The maximum atomic E-state index is 10.7. The third-order valence-corrected chi connectivity index (χ3v) is 3.69. The van der Waals surface area contributed by atoms with E-state index in [9.17, 15) is 4.79 Å². The molecule has 0 fully saturated rings. The standard InChI is InChI=1S/C20H22O3/c1-15(20(21)22)9-8-10-16(2)23-19-14-7-6-13-18(19)17-11-4-3-5-12-17/h3-7,11-14,16H,1,8-10H2,2H3,(H,21,22). The summed E-state index contributed by atoms with van der Waals surface area (Å²) in [7, 11) is 0. The molecule has 23 heavy (non-hydrogen) atoms. The van der Waals surface area contributed by atoms with Gasteiger partial charge in [0.15, 0.2) is 0 Å². The van der Waals surface area contributed by atoms with Gasteiger partial charge in [0.05, 0.1) is 6.10 Å². The van der Waals surface area contributed by atoms with E-state index in [1.54, 1.807) is 0 Å². The van der Waals surface area contributed by atoms with Crippen molar-refractivity contribution in [3.05, 3.63) is 66.7 Å². The average molecular weight is 310 g/mol. The molecule has 3 heteroatoms. The van der Waals surface area contributed by atoms with Crippen LogP contribution in [-0.4, -0.2) is 17.2 Å². The van der Waals surface area contributed by atoms with Crippen LogP contribution in [0.2, 0.25) is 0 Å². The molecule has 0 aliphatic rings. The Kier molecular flexibility index (Phi) is 5.98. The summed E-state index contributed by atoms with van der Waals surface area (Å²) in [6, 6.07) is 18.1. The van der Waals surface area contributed by atoms with Gasteiger partial charge in [-0.05, 0) is 37.8 Å². The first-order valence-electron chi connectivity index (χ1n) is 7.80. The quantitative estimate of drug-likeness (QED) is 0.703. The van der Waals surface area contributed by atoms with Crippen LogP contribution >= 0.6 is 0 Å². The molecule has 2 rings (SSSR count). The largest absolute Gasteiger partial charge is 0.490 e. The van der Waals surface area contributed by atoms with Gasteiger partial charge in [-0.25, -0.2) is 4.79 Å². The van der Waals surface area contributed by atoms with Crippen molar-refractivity contribution in [3.8, 4) is 16.9 Å². The summed E-state index contributed by atoms with van der Waals surface area (Å²) in [4.78, 5) is 10.7. The van der Waals surface area contributed by atoms with E-state index in [0.29, 0.717) is 6.42 Å². The summed E-state index contributed by atoms with van der Waals surface area (Å²) in [6.45, 7) is 5.55. The van der Waals surface area contributed by atoms with Crippen molar-refractivity contribution < 1.29 is 14.6 Å². The van der Waals surface area contributed by atoms with Gasteiger partial charge < -0.3 is 9.84 Å². The zero-order valence-corrected chi connectivity index (χ0v) is 13.4. The fraction of sp³-hybridized carbons (Fsp3) is 0.250. The molecule has 0 aliphatic carbocycles. The normalized spacial score (nSPS) is 11.7. The summed E-state index contributed by atoms with van der Waals surface area (Å²) >= 11 is 0. The lowest BCUT2D eigenvalue weighted by Gasteiger charge is -2.17. The minimum atomic E-state index is -0.923. The van der Waals surface area contributed by atoms with E-state index in [1.807, 2.05) is 49.4 Å². The van der Waals surface area contributed by atoms with E-state index >= 15 is 0 Å². The summed E-state index contributed by atoms with van der Waals surface area (Å²) in [5, 5.41) is 8.81. The zero-order valence-electron chi connectivity index (χ0n) is 13.4. The van der Waals surface area contributed by atoms with Crippen molar-refractivity contribution in [2.75, 3.05) is 0 Å². The van der Waals surface area contributed by atoms with Gasteiger partial charge in [0.25, 0.3) is 0 Å². The molecule has 0 radical (unpaired) electrons. The van der Waals surface area contributed by atoms with Crippen LogP contribution in [0.15, 0.2) is 66.7 Å². The first-order valence-corrected chi connectivity index (χ1v) is 7.80. The number of benzene rings is 2. The molecule has 0 aromatic heterocycles. The number of aliphatic carboxylic acids is 1. The highest BCUT2D eigenvalue weighted by Gasteiger charge is 2.10. The van der Waals surface area contributed by atoms with E-state index in [0.717, 1.165) is 29.7 Å². The molecular formula is C20H22O3. The SMILES string of the molecule is C=C(CCCC(C)Oc1ccccc1-c1ccccc1)C(=O)O.